The topological polar surface area (TPSA) is 66.4 Å². The first kappa shape index (κ1) is 15.1. The molecule has 4 nitrogen and oxygen atoms in total. The van der Waals surface area contributed by atoms with Gasteiger partial charge in [0.1, 0.15) is 11.6 Å². The molecule has 0 spiro atoms. The summed E-state index contributed by atoms with van der Waals surface area (Å²) in [6.07, 6.45) is 0.142. The fourth-order valence-electron chi connectivity index (χ4n) is 1.54. The zero-order valence-corrected chi connectivity index (χ0v) is 10.5. The standard InChI is InChI=1S/C13H15F2NO3/c1-2-8(13(18)19)7-16-12(17)5-9-3-4-10(14)6-11(9)15/h3-4,6,8H,2,5,7H2,1H3,(H,16,17)(H,18,19). The summed E-state index contributed by atoms with van der Waals surface area (Å²) in [5, 5.41) is 11.2. The Morgan fingerprint density at radius 1 is 1.37 bits per heavy atom. The molecule has 0 bridgehead atoms. The van der Waals surface area contributed by atoms with Crippen molar-refractivity contribution in [1.29, 1.82) is 0 Å². The Morgan fingerprint density at radius 3 is 2.58 bits per heavy atom. The first-order chi connectivity index (χ1) is 8.93. The summed E-state index contributed by atoms with van der Waals surface area (Å²) in [6.45, 7) is 1.69. The Kier molecular flexibility index (Phi) is 5.41. The van der Waals surface area contributed by atoms with Crippen LogP contribution in [0.4, 0.5) is 8.78 Å². The third-order valence-electron chi connectivity index (χ3n) is 2.75. The number of amides is 1. The molecule has 0 saturated heterocycles. The first-order valence-corrected chi connectivity index (χ1v) is 5.87. The lowest BCUT2D eigenvalue weighted by Crippen LogP contribution is -2.33. The number of carbonyl (C=O) groups excluding carboxylic acids is 1. The van der Waals surface area contributed by atoms with Crippen molar-refractivity contribution in [3.8, 4) is 0 Å². The molecule has 0 radical (unpaired) electrons. The SMILES string of the molecule is CCC(CNC(=O)Cc1ccc(F)cc1F)C(=O)O. The molecule has 1 amide bonds. The number of halogens is 2. The van der Waals surface area contributed by atoms with E-state index in [1.807, 2.05) is 0 Å². The van der Waals surface area contributed by atoms with E-state index in [4.69, 9.17) is 5.11 Å². The minimum absolute atomic E-state index is 0.00647. The van der Waals surface area contributed by atoms with Gasteiger partial charge in [-0.05, 0) is 18.1 Å². The van der Waals surface area contributed by atoms with Crippen LogP contribution in [0.15, 0.2) is 18.2 Å². The van der Waals surface area contributed by atoms with E-state index in [2.05, 4.69) is 5.32 Å². The average Bonchev–Trinajstić information content (AvgIpc) is 2.33. The highest BCUT2D eigenvalue weighted by Crippen LogP contribution is 2.10. The Hall–Kier alpha value is -1.98. The molecule has 19 heavy (non-hydrogen) atoms. The summed E-state index contributed by atoms with van der Waals surface area (Å²) in [6, 6.07) is 2.96. The molecule has 6 heteroatoms. The number of carbonyl (C=O) groups is 2. The lowest BCUT2D eigenvalue weighted by Gasteiger charge is -2.11. The zero-order valence-electron chi connectivity index (χ0n) is 10.5. The second-order valence-electron chi connectivity index (χ2n) is 4.16. The van der Waals surface area contributed by atoms with Crippen LogP contribution in [0.25, 0.3) is 0 Å². The van der Waals surface area contributed by atoms with Gasteiger partial charge in [0, 0.05) is 12.6 Å². The number of carboxylic acids is 1. The zero-order chi connectivity index (χ0) is 14.4. The summed E-state index contributed by atoms with van der Waals surface area (Å²) in [5.41, 5.74) is 0.0715. The highest BCUT2D eigenvalue weighted by atomic mass is 19.1. The van der Waals surface area contributed by atoms with Gasteiger partial charge in [0.2, 0.25) is 5.91 Å². The smallest absolute Gasteiger partial charge is 0.308 e. The van der Waals surface area contributed by atoms with Crippen LogP contribution < -0.4 is 5.32 Å². The number of benzene rings is 1. The summed E-state index contributed by atoms with van der Waals surface area (Å²) < 4.78 is 26.0. The van der Waals surface area contributed by atoms with Crippen molar-refractivity contribution in [3.63, 3.8) is 0 Å². The number of hydrogen-bond donors (Lipinski definition) is 2. The van der Waals surface area contributed by atoms with E-state index in [9.17, 15) is 18.4 Å². The molecule has 0 aliphatic rings. The van der Waals surface area contributed by atoms with Gasteiger partial charge < -0.3 is 10.4 Å². The van der Waals surface area contributed by atoms with Crippen LogP contribution in [0.2, 0.25) is 0 Å². The fraction of sp³-hybridized carbons (Fsp3) is 0.385. The Balaban J connectivity index is 2.53. The van der Waals surface area contributed by atoms with Crippen molar-refractivity contribution < 1.29 is 23.5 Å². The van der Waals surface area contributed by atoms with E-state index < -0.39 is 29.4 Å². The van der Waals surface area contributed by atoms with Crippen LogP contribution in [0.5, 0.6) is 0 Å². The van der Waals surface area contributed by atoms with Crippen LogP contribution in [0.1, 0.15) is 18.9 Å². The Labute approximate surface area is 109 Å². The van der Waals surface area contributed by atoms with Crippen molar-refractivity contribution in [2.24, 2.45) is 5.92 Å². The molecule has 0 aromatic heterocycles. The molecule has 0 saturated carbocycles. The normalized spacial score (nSPS) is 11.9. The third-order valence-corrected chi connectivity index (χ3v) is 2.75. The molecule has 0 aliphatic heterocycles. The van der Waals surface area contributed by atoms with Crippen molar-refractivity contribution in [3.05, 3.63) is 35.4 Å². The van der Waals surface area contributed by atoms with Crippen molar-refractivity contribution in [2.45, 2.75) is 19.8 Å². The lowest BCUT2D eigenvalue weighted by molar-refractivity contribution is -0.141. The number of carboxylic acid groups (broad SMARTS) is 1. The van der Waals surface area contributed by atoms with Crippen LogP contribution in [-0.4, -0.2) is 23.5 Å². The summed E-state index contributed by atoms with van der Waals surface area (Å²) in [7, 11) is 0. The van der Waals surface area contributed by atoms with Gasteiger partial charge in [0.15, 0.2) is 0 Å². The van der Waals surface area contributed by atoms with Gasteiger partial charge in [-0.1, -0.05) is 13.0 Å². The van der Waals surface area contributed by atoms with Crippen LogP contribution in [0.3, 0.4) is 0 Å². The number of rotatable bonds is 6. The number of nitrogens with one attached hydrogen (secondary N) is 1. The lowest BCUT2D eigenvalue weighted by atomic mass is 10.1. The first-order valence-electron chi connectivity index (χ1n) is 5.87. The molecule has 0 heterocycles. The monoisotopic (exact) mass is 271 g/mol. The quantitative estimate of drug-likeness (QED) is 0.828. The van der Waals surface area contributed by atoms with E-state index in [0.29, 0.717) is 12.5 Å². The molecular formula is C13H15F2NO3. The van der Waals surface area contributed by atoms with Crippen LogP contribution >= 0.6 is 0 Å². The van der Waals surface area contributed by atoms with E-state index in [-0.39, 0.29) is 18.5 Å². The molecule has 1 unspecified atom stereocenters. The van der Waals surface area contributed by atoms with Crippen LogP contribution in [0, 0.1) is 17.6 Å². The highest BCUT2D eigenvalue weighted by Gasteiger charge is 2.16. The van der Waals surface area contributed by atoms with Crippen LogP contribution in [-0.2, 0) is 16.0 Å². The molecule has 1 aromatic carbocycles. The molecule has 1 rings (SSSR count). The third kappa shape index (κ3) is 4.65. The number of aliphatic carboxylic acids is 1. The van der Waals surface area contributed by atoms with E-state index in [1.165, 1.54) is 6.07 Å². The Bertz CT molecular complexity index is 477. The second kappa shape index (κ2) is 6.82. The Morgan fingerprint density at radius 2 is 2.05 bits per heavy atom. The predicted molar refractivity (Wildman–Crippen MR) is 64.5 cm³/mol. The van der Waals surface area contributed by atoms with Crippen molar-refractivity contribution >= 4 is 11.9 Å². The summed E-state index contributed by atoms with van der Waals surface area (Å²) >= 11 is 0. The van der Waals surface area contributed by atoms with E-state index in [1.54, 1.807) is 6.92 Å². The van der Waals surface area contributed by atoms with Gasteiger partial charge in [-0.2, -0.15) is 0 Å². The maximum Gasteiger partial charge on any atom is 0.308 e. The van der Waals surface area contributed by atoms with E-state index in [0.717, 1.165) is 6.07 Å². The maximum atomic E-state index is 13.3. The molecule has 0 fully saturated rings. The summed E-state index contributed by atoms with van der Waals surface area (Å²) in [4.78, 5) is 22.3. The van der Waals surface area contributed by atoms with Gasteiger partial charge in [-0.25, -0.2) is 8.78 Å². The largest absolute Gasteiger partial charge is 0.481 e. The van der Waals surface area contributed by atoms with Gasteiger partial charge in [0.05, 0.1) is 12.3 Å². The van der Waals surface area contributed by atoms with Gasteiger partial charge >= 0.3 is 5.97 Å². The average molecular weight is 271 g/mol. The fourth-order valence-corrected chi connectivity index (χ4v) is 1.54. The molecule has 2 N–H and O–H groups in total. The minimum atomic E-state index is -0.990. The van der Waals surface area contributed by atoms with Gasteiger partial charge in [-0.15, -0.1) is 0 Å². The molecule has 0 aliphatic carbocycles. The minimum Gasteiger partial charge on any atom is -0.481 e. The highest BCUT2D eigenvalue weighted by molar-refractivity contribution is 5.79. The van der Waals surface area contributed by atoms with Gasteiger partial charge in [0.25, 0.3) is 0 Å². The molecule has 1 aromatic rings. The molecule has 104 valence electrons. The second-order valence-corrected chi connectivity index (χ2v) is 4.16. The van der Waals surface area contributed by atoms with E-state index >= 15 is 0 Å². The van der Waals surface area contributed by atoms with Gasteiger partial charge in [-0.3, -0.25) is 9.59 Å². The molecular weight excluding hydrogens is 256 g/mol. The molecule has 1 atom stereocenters. The maximum absolute atomic E-state index is 13.3. The van der Waals surface area contributed by atoms with Crippen molar-refractivity contribution in [1.82, 2.24) is 5.32 Å². The number of hydrogen-bond acceptors (Lipinski definition) is 2. The predicted octanol–water partition coefficient (Wildman–Crippen LogP) is 1.73. The van der Waals surface area contributed by atoms with Crippen molar-refractivity contribution in [2.75, 3.05) is 6.54 Å². The summed E-state index contributed by atoms with van der Waals surface area (Å²) in [5.74, 6) is -3.65.